The van der Waals surface area contributed by atoms with Crippen LogP contribution in [0, 0.1) is 0 Å². The maximum absolute atomic E-state index is 5.89. The number of hydrogen-bond acceptors (Lipinski definition) is 4. The number of rotatable bonds is 7. The van der Waals surface area contributed by atoms with Crippen LogP contribution in [0.15, 0.2) is 0 Å². The van der Waals surface area contributed by atoms with Gasteiger partial charge in [-0.2, -0.15) is 0 Å². The van der Waals surface area contributed by atoms with E-state index in [4.69, 9.17) is 18.0 Å². The largest absolute Gasteiger partial charge is 0.504 e. The van der Waals surface area contributed by atoms with E-state index in [0.29, 0.717) is 25.4 Å². The zero-order chi connectivity index (χ0) is 11.9. The van der Waals surface area contributed by atoms with Gasteiger partial charge in [-0.3, -0.25) is 0 Å². The van der Waals surface area contributed by atoms with E-state index in [0.717, 1.165) is 26.1 Å². The first-order valence-electron chi connectivity index (χ1n) is 6.28. The summed E-state index contributed by atoms with van der Waals surface area (Å²) in [6.07, 6.45) is 1.98. The highest BCUT2D eigenvalue weighted by atomic mass is 28.4. The van der Waals surface area contributed by atoms with Crippen LogP contribution in [0.5, 0.6) is 0 Å². The summed E-state index contributed by atoms with van der Waals surface area (Å²) in [5.41, 5.74) is 0.404. The molecule has 1 aliphatic heterocycles. The molecule has 0 spiro atoms. The highest BCUT2D eigenvalue weighted by Crippen LogP contribution is 2.34. The maximum atomic E-state index is 5.89. The van der Waals surface area contributed by atoms with Crippen LogP contribution < -0.4 is 0 Å². The minimum Gasteiger partial charge on any atom is -0.381 e. The second kappa shape index (κ2) is 7.40. The van der Waals surface area contributed by atoms with Crippen molar-refractivity contribution in [3.8, 4) is 0 Å². The van der Waals surface area contributed by atoms with Crippen molar-refractivity contribution in [2.45, 2.75) is 39.2 Å². The van der Waals surface area contributed by atoms with E-state index in [2.05, 4.69) is 0 Å². The van der Waals surface area contributed by atoms with Gasteiger partial charge in [0.2, 0.25) is 0 Å². The minimum absolute atomic E-state index is 0.404. The summed E-state index contributed by atoms with van der Waals surface area (Å²) in [4.78, 5) is 0. The molecule has 0 radical (unpaired) electrons. The van der Waals surface area contributed by atoms with Crippen molar-refractivity contribution in [1.29, 1.82) is 0 Å². The van der Waals surface area contributed by atoms with Crippen molar-refractivity contribution < 1.29 is 18.0 Å². The fraction of sp³-hybridized carbons (Fsp3) is 1.00. The fourth-order valence-electron chi connectivity index (χ4n) is 2.13. The topological polar surface area (TPSA) is 36.9 Å². The lowest BCUT2D eigenvalue weighted by Gasteiger charge is -2.36. The highest BCUT2D eigenvalue weighted by molar-refractivity contribution is 6.62. The van der Waals surface area contributed by atoms with Crippen LogP contribution in [-0.4, -0.2) is 41.8 Å². The monoisotopic (exact) mass is 248 g/mol. The van der Waals surface area contributed by atoms with Crippen LogP contribution in [0.25, 0.3) is 0 Å². The molecule has 5 heteroatoms. The van der Waals surface area contributed by atoms with Crippen LogP contribution >= 0.6 is 0 Å². The minimum atomic E-state index is -2.47. The molecule has 1 saturated heterocycles. The van der Waals surface area contributed by atoms with E-state index < -0.39 is 8.80 Å². The van der Waals surface area contributed by atoms with Crippen molar-refractivity contribution in [2.75, 3.05) is 33.0 Å². The summed E-state index contributed by atoms with van der Waals surface area (Å²) in [5.74, 6) is 0. The van der Waals surface area contributed by atoms with E-state index in [-0.39, 0.29) is 0 Å². The van der Waals surface area contributed by atoms with Gasteiger partial charge in [-0.25, -0.2) is 0 Å². The first kappa shape index (κ1) is 14.1. The quantitative estimate of drug-likeness (QED) is 0.647. The summed E-state index contributed by atoms with van der Waals surface area (Å²) in [6.45, 7) is 9.56. The Morgan fingerprint density at radius 2 is 1.38 bits per heavy atom. The normalized spacial score (nSPS) is 18.9. The summed E-state index contributed by atoms with van der Waals surface area (Å²) >= 11 is 0. The summed E-state index contributed by atoms with van der Waals surface area (Å²) < 4.78 is 23.1. The lowest BCUT2D eigenvalue weighted by Crippen LogP contribution is -2.51. The zero-order valence-corrected chi connectivity index (χ0v) is 11.7. The SMILES string of the molecule is CCO[Si](OCC)(OCC)C1CCOCC1. The Kier molecular flexibility index (Phi) is 6.53. The molecule has 1 heterocycles. The standard InChI is InChI=1S/C11H24O4Si/c1-4-13-16(14-5-2,15-6-3)11-7-9-12-10-8-11/h11H,4-10H2,1-3H3. The summed E-state index contributed by atoms with van der Waals surface area (Å²) in [6, 6.07) is 0. The second-order valence-corrected chi connectivity index (χ2v) is 6.68. The molecule has 0 aromatic rings. The molecule has 0 bridgehead atoms. The summed E-state index contributed by atoms with van der Waals surface area (Å²) in [7, 11) is -2.47. The van der Waals surface area contributed by atoms with Crippen molar-refractivity contribution in [3.05, 3.63) is 0 Å². The Labute approximate surface area is 99.6 Å². The molecule has 0 unspecified atom stereocenters. The Morgan fingerprint density at radius 3 is 1.75 bits per heavy atom. The average molecular weight is 248 g/mol. The van der Waals surface area contributed by atoms with E-state index in [1.807, 2.05) is 20.8 Å². The smallest absolute Gasteiger partial charge is 0.381 e. The van der Waals surface area contributed by atoms with Crippen molar-refractivity contribution in [3.63, 3.8) is 0 Å². The molecule has 0 saturated carbocycles. The first-order chi connectivity index (χ1) is 7.79. The van der Waals surface area contributed by atoms with Gasteiger partial charge in [0, 0.05) is 38.6 Å². The Bertz CT molecular complexity index is 166. The Balaban J connectivity index is 2.70. The van der Waals surface area contributed by atoms with Gasteiger partial charge < -0.3 is 18.0 Å². The fourth-order valence-corrected chi connectivity index (χ4v) is 5.24. The van der Waals surface area contributed by atoms with Crippen LogP contribution in [0.2, 0.25) is 5.54 Å². The molecular weight excluding hydrogens is 224 g/mol. The van der Waals surface area contributed by atoms with Gasteiger partial charge in [-0.15, -0.1) is 0 Å². The zero-order valence-electron chi connectivity index (χ0n) is 10.7. The number of ether oxygens (including phenoxy) is 1. The molecule has 16 heavy (non-hydrogen) atoms. The third-order valence-electron chi connectivity index (χ3n) is 2.76. The number of hydrogen-bond donors (Lipinski definition) is 0. The third kappa shape index (κ3) is 3.53. The van der Waals surface area contributed by atoms with Gasteiger partial charge in [0.05, 0.1) is 0 Å². The molecule has 0 aromatic heterocycles. The molecule has 4 nitrogen and oxygen atoms in total. The molecule has 1 rings (SSSR count). The van der Waals surface area contributed by atoms with Gasteiger partial charge in [0.1, 0.15) is 0 Å². The Morgan fingerprint density at radius 1 is 0.938 bits per heavy atom. The van der Waals surface area contributed by atoms with Gasteiger partial charge in [-0.05, 0) is 33.6 Å². The Hall–Kier alpha value is 0.0569. The molecule has 1 aliphatic rings. The molecule has 0 N–H and O–H groups in total. The average Bonchev–Trinajstić information content (AvgIpc) is 2.31. The molecule has 0 atom stereocenters. The van der Waals surface area contributed by atoms with Crippen molar-refractivity contribution in [1.82, 2.24) is 0 Å². The first-order valence-corrected chi connectivity index (χ1v) is 8.08. The molecule has 0 aromatic carbocycles. The van der Waals surface area contributed by atoms with E-state index >= 15 is 0 Å². The van der Waals surface area contributed by atoms with Gasteiger partial charge in [0.15, 0.2) is 0 Å². The van der Waals surface area contributed by atoms with Crippen LogP contribution in [0.3, 0.4) is 0 Å². The summed E-state index contributed by atoms with van der Waals surface area (Å²) in [5, 5.41) is 0. The molecule has 1 fully saturated rings. The van der Waals surface area contributed by atoms with E-state index in [1.165, 1.54) is 0 Å². The second-order valence-electron chi connectivity index (χ2n) is 3.79. The van der Waals surface area contributed by atoms with Crippen LogP contribution in [0.4, 0.5) is 0 Å². The molecular formula is C11H24O4Si. The molecule has 0 amide bonds. The van der Waals surface area contributed by atoms with E-state index in [1.54, 1.807) is 0 Å². The van der Waals surface area contributed by atoms with E-state index in [9.17, 15) is 0 Å². The predicted molar refractivity (Wildman–Crippen MR) is 64.4 cm³/mol. The maximum Gasteiger partial charge on any atom is 0.504 e. The lowest BCUT2D eigenvalue weighted by atomic mass is 10.2. The predicted octanol–water partition coefficient (Wildman–Crippen LogP) is 2.22. The van der Waals surface area contributed by atoms with Crippen LogP contribution in [0.1, 0.15) is 33.6 Å². The van der Waals surface area contributed by atoms with Gasteiger partial charge >= 0.3 is 8.80 Å². The van der Waals surface area contributed by atoms with Crippen molar-refractivity contribution >= 4 is 8.80 Å². The van der Waals surface area contributed by atoms with Gasteiger partial charge in [-0.1, -0.05) is 0 Å². The molecule has 96 valence electrons. The van der Waals surface area contributed by atoms with Crippen molar-refractivity contribution in [2.24, 2.45) is 0 Å². The lowest BCUT2D eigenvalue weighted by molar-refractivity contribution is 0.0304. The molecule has 0 aliphatic carbocycles. The third-order valence-corrected chi connectivity index (χ3v) is 6.41. The van der Waals surface area contributed by atoms with Gasteiger partial charge in [0.25, 0.3) is 0 Å². The highest BCUT2D eigenvalue weighted by Gasteiger charge is 2.49. The van der Waals surface area contributed by atoms with Crippen LogP contribution in [-0.2, 0) is 18.0 Å².